The molecule has 1 nitrogen and oxygen atoms in total. The molecule has 1 N–H and O–H groups in total. The summed E-state index contributed by atoms with van der Waals surface area (Å²) in [5, 5.41) is 8.60. The molecule has 0 unspecified atom stereocenters. The van der Waals surface area contributed by atoms with Gasteiger partial charge >= 0.3 is 6.98 Å². The van der Waals surface area contributed by atoms with Crippen molar-refractivity contribution < 1.29 is 22.4 Å². The Bertz CT molecular complexity index is 296. The maximum Gasteiger partial charge on any atom is 0.509 e. The van der Waals surface area contributed by atoms with E-state index in [1.165, 1.54) is 0 Å². The molecule has 0 aliphatic carbocycles. The highest BCUT2D eigenvalue weighted by Gasteiger charge is 2.26. The van der Waals surface area contributed by atoms with Gasteiger partial charge in [0, 0.05) is 0 Å². The molecule has 0 saturated carbocycles. The molecule has 0 atom stereocenters. The molecule has 6 heteroatoms. The lowest BCUT2D eigenvalue weighted by atomic mass is 9.80. The molecule has 12 heavy (non-hydrogen) atoms. The third-order valence-electron chi connectivity index (χ3n) is 1.35. The summed E-state index contributed by atoms with van der Waals surface area (Å²) in [6.07, 6.45) is 0. The number of halogens is 4. The van der Waals surface area contributed by atoms with E-state index in [-0.39, 0.29) is 0 Å². The highest BCUT2D eigenvalue weighted by molar-refractivity contribution is 6.73. The SMILES string of the molecule is Oc1cc([B-](F)(F)F)ccc1F. The topological polar surface area (TPSA) is 20.2 Å². The van der Waals surface area contributed by atoms with Crippen LogP contribution >= 0.6 is 0 Å². The minimum Gasteiger partial charge on any atom is -0.505 e. The molecular formula is C6H4BF4O-. The first kappa shape index (κ1) is 8.90. The Morgan fingerprint density at radius 2 is 1.75 bits per heavy atom. The lowest BCUT2D eigenvalue weighted by molar-refractivity contribution is 0.431. The van der Waals surface area contributed by atoms with Crippen LogP contribution in [0.25, 0.3) is 0 Å². The van der Waals surface area contributed by atoms with Crippen molar-refractivity contribution in [3.63, 3.8) is 0 Å². The second kappa shape index (κ2) is 2.69. The molecule has 0 spiro atoms. The fourth-order valence-electron chi connectivity index (χ4n) is 0.733. The minimum absolute atomic E-state index is 0.370. The van der Waals surface area contributed by atoms with Crippen molar-refractivity contribution in [1.82, 2.24) is 0 Å². The van der Waals surface area contributed by atoms with Gasteiger partial charge in [0.15, 0.2) is 5.82 Å². The Morgan fingerprint density at radius 3 is 2.17 bits per heavy atom. The number of phenols is 1. The van der Waals surface area contributed by atoms with Crippen LogP contribution in [-0.4, -0.2) is 12.1 Å². The van der Waals surface area contributed by atoms with Gasteiger partial charge in [-0.3, -0.25) is 0 Å². The Morgan fingerprint density at radius 1 is 1.17 bits per heavy atom. The van der Waals surface area contributed by atoms with Crippen molar-refractivity contribution in [2.45, 2.75) is 0 Å². The maximum absolute atomic E-state index is 12.3. The molecule has 0 aromatic heterocycles. The van der Waals surface area contributed by atoms with E-state index in [9.17, 15) is 17.3 Å². The maximum atomic E-state index is 12.3. The minimum atomic E-state index is -5.16. The molecule has 0 radical (unpaired) electrons. The average Bonchev–Trinajstić information content (AvgIpc) is 1.92. The van der Waals surface area contributed by atoms with Gasteiger partial charge in [0.2, 0.25) is 0 Å². The first-order chi connectivity index (χ1) is 5.41. The van der Waals surface area contributed by atoms with Gasteiger partial charge in [-0.2, -0.15) is 0 Å². The van der Waals surface area contributed by atoms with Crippen LogP contribution in [0.4, 0.5) is 17.3 Å². The molecule has 0 saturated heterocycles. The summed E-state index contributed by atoms with van der Waals surface area (Å²) >= 11 is 0. The van der Waals surface area contributed by atoms with Crippen molar-refractivity contribution in [3.8, 4) is 5.75 Å². The predicted octanol–water partition coefficient (Wildman–Crippen LogP) is 1.59. The van der Waals surface area contributed by atoms with Gasteiger partial charge in [-0.15, -0.1) is 5.46 Å². The second-order valence-electron chi connectivity index (χ2n) is 2.29. The largest absolute Gasteiger partial charge is 0.509 e. The van der Waals surface area contributed by atoms with Crippen LogP contribution in [0.5, 0.6) is 5.75 Å². The predicted molar refractivity (Wildman–Crippen MR) is 36.8 cm³/mol. The Balaban J connectivity index is 3.14. The number of aromatic hydroxyl groups is 1. The average molecular weight is 179 g/mol. The molecule has 0 bridgehead atoms. The highest BCUT2D eigenvalue weighted by Crippen LogP contribution is 2.16. The molecule has 0 fully saturated rings. The third-order valence-corrected chi connectivity index (χ3v) is 1.35. The van der Waals surface area contributed by atoms with E-state index in [2.05, 4.69) is 0 Å². The van der Waals surface area contributed by atoms with Crippen LogP contribution in [-0.2, 0) is 0 Å². The molecular weight excluding hydrogens is 175 g/mol. The van der Waals surface area contributed by atoms with Gasteiger partial charge in [-0.25, -0.2) is 4.39 Å². The zero-order valence-corrected chi connectivity index (χ0v) is 5.77. The van der Waals surface area contributed by atoms with E-state index in [0.29, 0.717) is 18.2 Å². The Kier molecular flexibility index (Phi) is 2.00. The Labute approximate surface area is 65.7 Å². The van der Waals surface area contributed by atoms with Crippen LogP contribution in [0, 0.1) is 5.82 Å². The van der Waals surface area contributed by atoms with Gasteiger partial charge in [0.25, 0.3) is 0 Å². The van der Waals surface area contributed by atoms with Crippen LogP contribution in [0.15, 0.2) is 18.2 Å². The van der Waals surface area contributed by atoms with Gasteiger partial charge < -0.3 is 18.1 Å². The number of rotatable bonds is 1. The third kappa shape index (κ3) is 1.69. The first-order valence-electron chi connectivity index (χ1n) is 3.09. The van der Waals surface area contributed by atoms with Gasteiger partial charge in [0.1, 0.15) is 5.75 Å². The van der Waals surface area contributed by atoms with E-state index < -0.39 is 24.0 Å². The van der Waals surface area contributed by atoms with Gasteiger partial charge in [0.05, 0.1) is 0 Å². The van der Waals surface area contributed by atoms with Gasteiger partial charge in [-0.1, -0.05) is 6.07 Å². The van der Waals surface area contributed by atoms with Crippen LogP contribution in [0.3, 0.4) is 0 Å². The molecule has 0 amide bonds. The summed E-state index contributed by atoms with van der Waals surface area (Å²) in [7, 11) is 0. The van der Waals surface area contributed by atoms with Crippen molar-refractivity contribution >= 4 is 12.4 Å². The smallest absolute Gasteiger partial charge is 0.505 e. The molecule has 1 aromatic rings. The van der Waals surface area contributed by atoms with E-state index in [0.717, 1.165) is 0 Å². The van der Waals surface area contributed by atoms with Crippen LogP contribution in [0.2, 0.25) is 0 Å². The van der Waals surface area contributed by atoms with E-state index in [1.807, 2.05) is 0 Å². The van der Waals surface area contributed by atoms with Crippen molar-refractivity contribution in [2.75, 3.05) is 0 Å². The number of phenolic OH excluding ortho intramolecular Hbond substituents is 1. The van der Waals surface area contributed by atoms with E-state index in [1.54, 1.807) is 0 Å². The summed E-state index contributed by atoms with van der Waals surface area (Å²) in [6.45, 7) is -5.16. The van der Waals surface area contributed by atoms with E-state index in [4.69, 9.17) is 5.11 Å². The van der Waals surface area contributed by atoms with Crippen LogP contribution in [0.1, 0.15) is 0 Å². The zero-order chi connectivity index (χ0) is 9.35. The summed E-state index contributed by atoms with van der Waals surface area (Å²) in [5.74, 6) is -2.04. The number of hydrogen-bond donors (Lipinski definition) is 1. The highest BCUT2D eigenvalue weighted by atomic mass is 19.4. The van der Waals surface area contributed by atoms with Crippen molar-refractivity contribution in [3.05, 3.63) is 24.0 Å². The summed E-state index contributed by atoms with van der Waals surface area (Å²) in [4.78, 5) is 0. The molecule has 0 aliphatic rings. The fourth-order valence-corrected chi connectivity index (χ4v) is 0.733. The molecule has 0 aliphatic heterocycles. The molecule has 1 aromatic carbocycles. The van der Waals surface area contributed by atoms with Crippen molar-refractivity contribution in [1.29, 1.82) is 0 Å². The first-order valence-corrected chi connectivity index (χ1v) is 3.09. The standard InChI is InChI=1S/C6H4BF4O/c8-5-2-1-4(3-6(5)12)7(9,10)11/h1-3,12H/q-1. The lowest BCUT2D eigenvalue weighted by Crippen LogP contribution is -2.33. The normalized spacial score (nSPS) is 11.7. The summed E-state index contributed by atoms with van der Waals surface area (Å²) in [6, 6.07) is 1.55. The monoisotopic (exact) mass is 179 g/mol. The fraction of sp³-hybridized carbons (Fsp3) is 0. The number of hydrogen-bond acceptors (Lipinski definition) is 1. The quantitative estimate of drug-likeness (QED) is 0.512. The Hall–Kier alpha value is -1.20. The molecule has 66 valence electrons. The lowest BCUT2D eigenvalue weighted by Gasteiger charge is -2.14. The number of benzene rings is 1. The summed E-state index contributed by atoms with van der Waals surface area (Å²) in [5.41, 5.74) is -1.01. The summed E-state index contributed by atoms with van der Waals surface area (Å²) < 4.78 is 48.1. The van der Waals surface area contributed by atoms with Crippen molar-refractivity contribution in [2.24, 2.45) is 0 Å². The van der Waals surface area contributed by atoms with E-state index >= 15 is 0 Å². The van der Waals surface area contributed by atoms with Gasteiger partial charge in [-0.05, 0) is 12.1 Å². The molecule has 1 rings (SSSR count). The second-order valence-corrected chi connectivity index (χ2v) is 2.29. The zero-order valence-electron chi connectivity index (χ0n) is 5.77. The molecule has 0 heterocycles. The van der Waals surface area contributed by atoms with Crippen LogP contribution < -0.4 is 5.46 Å².